The third kappa shape index (κ3) is 4.42. The minimum atomic E-state index is 0.669. The molecule has 0 atom stereocenters. The smallest absolute Gasteiger partial charge is 0.134 e. The minimum absolute atomic E-state index is 0.669. The lowest BCUT2D eigenvalue weighted by atomic mass is 10.1. The maximum absolute atomic E-state index is 5.92. The zero-order valence-corrected chi connectivity index (χ0v) is 14.6. The standard InChI is InChI=1S/C21H22ClNO/c1-2-3-4-16-5-11-19(12-6-16)23-15-20-13-14-21(24-20)17-7-9-18(22)10-8-17/h5-14,23H,2-4,15H2,1H3. The predicted molar refractivity (Wildman–Crippen MR) is 102 cm³/mol. The van der Waals surface area contributed by atoms with Crippen molar-refractivity contribution in [3.8, 4) is 11.3 Å². The van der Waals surface area contributed by atoms with E-state index in [9.17, 15) is 0 Å². The molecule has 0 amide bonds. The molecule has 0 saturated carbocycles. The Morgan fingerprint density at radius 3 is 2.38 bits per heavy atom. The molecule has 3 aromatic rings. The van der Waals surface area contributed by atoms with Crippen molar-refractivity contribution in [2.45, 2.75) is 32.7 Å². The average molecular weight is 340 g/mol. The summed E-state index contributed by atoms with van der Waals surface area (Å²) in [6.45, 7) is 2.89. The number of hydrogen-bond donors (Lipinski definition) is 1. The third-order valence-corrected chi connectivity index (χ3v) is 4.28. The Morgan fingerprint density at radius 1 is 0.917 bits per heavy atom. The van der Waals surface area contributed by atoms with Gasteiger partial charge in [-0.3, -0.25) is 0 Å². The maximum atomic E-state index is 5.92. The molecular weight excluding hydrogens is 318 g/mol. The van der Waals surface area contributed by atoms with Crippen LogP contribution in [0.15, 0.2) is 65.1 Å². The van der Waals surface area contributed by atoms with Gasteiger partial charge >= 0.3 is 0 Å². The molecule has 24 heavy (non-hydrogen) atoms. The van der Waals surface area contributed by atoms with E-state index in [1.54, 1.807) is 0 Å². The highest BCUT2D eigenvalue weighted by Crippen LogP contribution is 2.24. The number of aryl methyl sites for hydroxylation is 1. The summed E-state index contributed by atoms with van der Waals surface area (Å²) in [6, 6.07) is 20.3. The molecule has 0 spiro atoms. The number of hydrogen-bond acceptors (Lipinski definition) is 2. The van der Waals surface area contributed by atoms with Crippen LogP contribution in [0.2, 0.25) is 5.02 Å². The number of unbranched alkanes of at least 4 members (excludes halogenated alkanes) is 1. The molecule has 1 heterocycles. The van der Waals surface area contributed by atoms with E-state index < -0.39 is 0 Å². The Bertz CT molecular complexity index is 759. The number of rotatable bonds is 7. The molecule has 3 rings (SSSR count). The van der Waals surface area contributed by atoms with Crippen LogP contribution in [-0.2, 0) is 13.0 Å². The number of halogens is 1. The molecule has 0 aliphatic heterocycles. The SMILES string of the molecule is CCCCc1ccc(NCc2ccc(-c3ccc(Cl)cc3)o2)cc1. The second-order valence-corrected chi connectivity index (χ2v) is 6.36. The summed E-state index contributed by atoms with van der Waals surface area (Å²) in [5, 5.41) is 4.13. The van der Waals surface area contributed by atoms with Crippen molar-refractivity contribution in [2.75, 3.05) is 5.32 Å². The second kappa shape index (κ2) is 8.07. The first-order chi connectivity index (χ1) is 11.7. The van der Waals surface area contributed by atoms with Crippen LogP contribution in [0, 0.1) is 0 Å². The van der Waals surface area contributed by atoms with E-state index in [-0.39, 0.29) is 0 Å². The molecule has 1 aromatic heterocycles. The summed E-state index contributed by atoms with van der Waals surface area (Å²) in [6.07, 6.45) is 3.63. The highest BCUT2D eigenvalue weighted by molar-refractivity contribution is 6.30. The zero-order chi connectivity index (χ0) is 16.8. The summed E-state index contributed by atoms with van der Waals surface area (Å²) in [4.78, 5) is 0. The van der Waals surface area contributed by atoms with Crippen LogP contribution in [0.4, 0.5) is 5.69 Å². The van der Waals surface area contributed by atoms with E-state index in [2.05, 4.69) is 36.5 Å². The number of furan rings is 1. The summed E-state index contributed by atoms with van der Waals surface area (Å²) >= 11 is 5.92. The van der Waals surface area contributed by atoms with Crippen LogP contribution in [0.3, 0.4) is 0 Å². The van der Waals surface area contributed by atoms with Crippen LogP contribution in [0.1, 0.15) is 31.1 Å². The first-order valence-corrected chi connectivity index (χ1v) is 8.80. The van der Waals surface area contributed by atoms with Gasteiger partial charge in [-0.25, -0.2) is 0 Å². The van der Waals surface area contributed by atoms with Crippen molar-refractivity contribution in [1.82, 2.24) is 0 Å². The average Bonchev–Trinajstić information content (AvgIpc) is 3.09. The third-order valence-electron chi connectivity index (χ3n) is 4.03. The molecule has 0 aliphatic rings. The lowest BCUT2D eigenvalue weighted by Crippen LogP contribution is -1.98. The predicted octanol–water partition coefficient (Wildman–Crippen LogP) is 6.55. The lowest BCUT2D eigenvalue weighted by molar-refractivity contribution is 0.531. The molecule has 0 aliphatic carbocycles. The number of nitrogens with one attached hydrogen (secondary N) is 1. The van der Waals surface area contributed by atoms with Gasteiger partial charge < -0.3 is 9.73 Å². The van der Waals surface area contributed by atoms with Crippen LogP contribution in [0.5, 0.6) is 0 Å². The normalized spacial score (nSPS) is 10.8. The van der Waals surface area contributed by atoms with Gasteiger partial charge in [-0.1, -0.05) is 37.1 Å². The van der Waals surface area contributed by atoms with Crippen LogP contribution in [0.25, 0.3) is 11.3 Å². The van der Waals surface area contributed by atoms with Crippen molar-refractivity contribution in [3.05, 3.63) is 77.0 Å². The Morgan fingerprint density at radius 2 is 1.67 bits per heavy atom. The summed E-state index contributed by atoms with van der Waals surface area (Å²) < 4.78 is 5.90. The molecule has 124 valence electrons. The van der Waals surface area contributed by atoms with Gasteiger partial charge in [0, 0.05) is 16.3 Å². The van der Waals surface area contributed by atoms with Gasteiger partial charge in [-0.15, -0.1) is 0 Å². The van der Waals surface area contributed by atoms with Crippen molar-refractivity contribution in [3.63, 3.8) is 0 Å². The van der Waals surface area contributed by atoms with Gasteiger partial charge in [0.15, 0.2) is 0 Å². The molecule has 1 N–H and O–H groups in total. The van der Waals surface area contributed by atoms with Gasteiger partial charge in [0.05, 0.1) is 6.54 Å². The van der Waals surface area contributed by atoms with Gasteiger partial charge in [-0.2, -0.15) is 0 Å². The molecular formula is C21H22ClNO. The molecule has 0 bridgehead atoms. The monoisotopic (exact) mass is 339 g/mol. The van der Waals surface area contributed by atoms with E-state index in [1.807, 2.05) is 36.4 Å². The first-order valence-electron chi connectivity index (χ1n) is 8.42. The van der Waals surface area contributed by atoms with Crippen LogP contribution >= 0.6 is 11.6 Å². The van der Waals surface area contributed by atoms with Gasteiger partial charge in [0.2, 0.25) is 0 Å². The molecule has 0 radical (unpaired) electrons. The first kappa shape index (κ1) is 16.7. The molecule has 0 fully saturated rings. The molecule has 2 nitrogen and oxygen atoms in total. The molecule has 0 saturated heterocycles. The highest BCUT2D eigenvalue weighted by Gasteiger charge is 2.05. The Labute approximate surface area is 148 Å². The van der Waals surface area contributed by atoms with Crippen molar-refractivity contribution in [1.29, 1.82) is 0 Å². The number of anilines is 1. The van der Waals surface area contributed by atoms with Crippen molar-refractivity contribution >= 4 is 17.3 Å². The second-order valence-electron chi connectivity index (χ2n) is 5.93. The van der Waals surface area contributed by atoms with E-state index in [4.69, 9.17) is 16.0 Å². The van der Waals surface area contributed by atoms with E-state index in [0.29, 0.717) is 6.54 Å². The number of benzene rings is 2. The Hall–Kier alpha value is -2.19. The van der Waals surface area contributed by atoms with Gasteiger partial charge in [0.1, 0.15) is 11.5 Å². The minimum Gasteiger partial charge on any atom is -0.459 e. The van der Waals surface area contributed by atoms with Gasteiger partial charge in [0.25, 0.3) is 0 Å². The lowest BCUT2D eigenvalue weighted by Gasteiger charge is -2.06. The molecule has 2 aromatic carbocycles. The van der Waals surface area contributed by atoms with Gasteiger partial charge in [-0.05, 0) is 66.9 Å². The van der Waals surface area contributed by atoms with Crippen molar-refractivity contribution in [2.24, 2.45) is 0 Å². The summed E-state index contributed by atoms with van der Waals surface area (Å²) in [5.41, 5.74) is 3.54. The van der Waals surface area contributed by atoms with Crippen LogP contribution < -0.4 is 5.32 Å². The quantitative estimate of drug-likeness (QED) is 0.527. The largest absolute Gasteiger partial charge is 0.459 e. The summed E-state index contributed by atoms with van der Waals surface area (Å²) in [7, 11) is 0. The fourth-order valence-corrected chi connectivity index (χ4v) is 2.73. The Kier molecular flexibility index (Phi) is 5.60. The molecule has 3 heteroatoms. The Balaban J connectivity index is 1.58. The van der Waals surface area contributed by atoms with E-state index in [0.717, 1.165) is 34.2 Å². The van der Waals surface area contributed by atoms with Crippen LogP contribution in [-0.4, -0.2) is 0 Å². The fraction of sp³-hybridized carbons (Fsp3) is 0.238. The summed E-state index contributed by atoms with van der Waals surface area (Å²) in [5.74, 6) is 1.77. The topological polar surface area (TPSA) is 25.2 Å². The van der Waals surface area contributed by atoms with Crippen molar-refractivity contribution < 1.29 is 4.42 Å². The molecule has 0 unspecified atom stereocenters. The highest BCUT2D eigenvalue weighted by atomic mass is 35.5. The fourth-order valence-electron chi connectivity index (χ4n) is 2.60. The zero-order valence-electron chi connectivity index (χ0n) is 13.9. The maximum Gasteiger partial charge on any atom is 0.134 e. The van der Waals surface area contributed by atoms with E-state index >= 15 is 0 Å². The van der Waals surface area contributed by atoms with E-state index in [1.165, 1.54) is 18.4 Å².